The molecule has 0 radical (unpaired) electrons. The van der Waals surface area contributed by atoms with Gasteiger partial charge in [0, 0.05) is 35.8 Å². The van der Waals surface area contributed by atoms with Crippen molar-refractivity contribution in [2.45, 2.75) is 49.6 Å². The Balaban J connectivity index is 1.80. The Morgan fingerprint density at radius 1 is 1.33 bits per heavy atom. The standard InChI is InChI=1S/C17H24N2OS/c1-3-12-10-19(13(4-2)9-18-12)17(20)15-11-21-16-8-6-5-7-14(15)16/h5-8,12-13,15,18H,3-4,9-11H2,1-2H3. The molecule has 3 rings (SSSR count). The lowest BCUT2D eigenvalue weighted by atomic mass is 9.96. The lowest BCUT2D eigenvalue weighted by Gasteiger charge is -2.41. The van der Waals surface area contributed by atoms with Crippen LogP contribution >= 0.6 is 11.8 Å². The zero-order chi connectivity index (χ0) is 14.8. The number of benzene rings is 1. The number of fused-ring (bicyclic) bond motifs is 1. The molecule has 3 nitrogen and oxygen atoms in total. The number of piperazine rings is 1. The molecule has 1 fully saturated rings. The van der Waals surface area contributed by atoms with Crippen molar-refractivity contribution in [3.63, 3.8) is 0 Å². The van der Waals surface area contributed by atoms with Gasteiger partial charge in [0.1, 0.15) is 0 Å². The maximum Gasteiger partial charge on any atom is 0.231 e. The summed E-state index contributed by atoms with van der Waals surface area (Å²) in [5.74, 6) is 1.28. The summed E-state index contributed by atoms with van der Waals surface area (Å²) < 4.78 is 0. The predicted octanol–water partition coefficient (Wildman–Crippen LogP) is 2.86. The third-order valence-electron chi connectivity index (χ3n) is 4.75. The molecule has 0 aromatic heterocycles. The zero-order valence-electron chi connectivity index (χ0n) is 12.8. The molecule has 1 saturated heterocycles. The van der Waals surface area contributed by atoms with Gasteiger partial charge < -0.3 is 10.2 Å². The smallest absolute Gasteiger partial charge is 0.231 e. The monoisotopic (exact) mass is 304 g/mol. The van der Waals surface area contributed by atoms with Crippen molar-refractivity contribution < 1.29 is 4.79 Å². The van der Waals surface area contributed by atoms with Crippen molar-refractivity contribution in [2.75, 3.05) is 18.8 Å². The van der Waals surface area contributed by atoms with E-state index in [4.69, 9.17) is 0 Å². The Morgan fingerprint density at radius 2 is 2.14 bits per heavy atom. The highest BCUT2D eigenvalue weighted by atomic mass is 32.2. The van der Waals surface area contributed by atoms with Crippen LogP contribution in [0.1, 0.15) is 38.2 Å². The maximum atomic E-state index is 13.1. The van der Waals surface area contributed by atoms with Gasteiger partial charge in [0.15, 0.2) is 0 Å². The number of rotatable bonds is 3. The highest BCUT2D eigenvalue weighted by Crippen LogP contribution is 2.40. The van der Waals surface area contributed by atoms with Crippen LogP contribution in [0.15, 0.2) is 29.2 Å². The quantitative estimate of drug-likeness (QED) is 0.932. The van der Waals surface area contributed by atoms with E-state index in [9.17, 15) is 4.79 Å². The highest BCUT2D eigenvalue weighted by Gasteiger charge is 2.37. The lowest BCUT2D eigenvalue weighted by Crippen LogP contribution is -2.58. The van der Waals surface area contributed by atoms with Crippen LogP contribution in [0.3, 0.4) is 0 Å². The number of nitrogens with zero attached hydrogens (tertiary/aromatic N) is 1. The first-order chi connectivity index (χ1) is 10.2. The first kappa shape index (κ1) is 14.9. The summed E-state index contributed by atoms with van der Waals surface area (Å²) in [6.07, 6.45) is 2.10. The molecular weight excluding hydrogens is 280 g/mol. The Morgan fingerprint density at radius 3 is 2.90 bits per heavy atom. The van der Waals surface area contributed by atoms with Gasteiger partial charge in [-0.2, -0.15) is 0 Å². The van der Waals surface area contributed by atoms with E-state index in [0.717, 1.165) is 31.7 Å². The largest absolute Gasteiger partial charge is 0.336 e. The number of hydrogen-bond donors (Lipinski definition) is 1. The summed E-state index contributed by atoms with van der Waals surface area (Å²) >= 11 is 1.82. The summed E-state index contributed by atoms with van der Waals surface area (Å²) in [5.41, 5.74) is 1.23. The van der Waals surface area contributed by atoms with Crippen molar-refractivity contribution >= 4 is 17.7 Å². The number of thioether (sulfide) groups is 1. The van der Waals surface area contributed by atoms with E-state index in [0.29, 0.717) is 18.0 Å². The SMILES string of the molecule is CCC1CN(C(=O)C2CSc3ccccc32)C(CC)CN1. The van der Waals surface area contributed by atoms with E-state index in [-0.39, 0.29) is 5.92 Å². The van der Waals surface area contributed by atoms with Gasteiger partial charge >= 0.3 is 0 Å². The molecule has 0 spiro atoms. The first-order valence-electron chi connectivity index (χ1n) is 8.00. The zero-order valence-corrected chi connectivity index (χ0v) is 13.7. The van der Waals surface area contributed by atoms with Crippen molar-refractivity contribution in [3.05, 3.63) is 29.8 Å². The van der Waals surface area contributed by atoms with Crippen molar-refractivity contribution in [1.82, 2.24) is 10.2 Å². The normalized spacial score (nSPS) is 28.5. The van der Waals surface area contributed by atoms with Gasteiger partial charge in [-0.1, -0.05) is 32.0 Å². The van der Waals surface area contributed by atoms with Crippen LogP contribution in [-0.2, 0) is 4.79 Å². The van der Waals surface area contributed by atoms with Gasteiger partial charge in [-0.3, -0.25) is 4.79 Å². The molecule has 2 aliphatic rings. The van der Waals surface area contributed by atoms with Gasteiger partial charge in [0.25, 0.3) is 0 Å². The molecule has 4 heteroatoms. The number of amides is 1. The van der Waals surface area contributed by atoms with Gasteiger partial charge in [0.2, 0.25) is 5.91 Å². The molecule has 2 heterocycles. The minimum Gasteiger partial charge on any atom is -0.336 e. The molecule has 0 aliphatic carbocycles. The number of hydrogen-bond acceptors (Lipinski definition) is 3. The van der Waals surface area contributed by atoms with Gasteiger partial charge in [-0.05, 0) is 24.5 Å². The van der Waals surface area contributed by atoms with E-state index < -0.39 is 0 Å². The molecule has 0 saturated carbocycles. The van der Waals surface area contributed by atoms with Gasteiger partial charge in [0.05, 0.1) is 5.92 Å². The molecule has 114 valence electrons. The summed E-state index contributed by atoms with van der Waals surface area (Å²) in [7, 11) is 0. The van der Waals surface area contributed by atoms with Crippen molar-refractivity contribution in [1.29, 1.82) is 0 Å². The molecule has 1 aromatic rings. The molecular formula is C17H24N2OS. The Labute approximate surface area is 131 Å². The van der Waals surface area contributed by atoms with Crippen molar-refractivity contribution in [3.8, 4) is 0 Å². The first-order valence-corrected chi connectivity index (χ1v) is 8.98. The predicted molar refractivity (Wildman–Crippen MR) is 87.8 cm³/mol. The second-order valence-electron chi connectivity index (χ2n) is 5.97. The Kier molecular flexibility index (Phi) is 4.55. The van der Waals surface area contributed by atoms with E-state index in [2.05, 4.69) is 48.3 Å². The molecule has 1 N–H and O–H groups in total. The van der Waals surface area contributed by atoms with E-state index >= 15 is 0 Å². The molecule has 1 amide bonds. The lowest BCUT2D eigenvalue weighted by molar-refractivity contribution is -0.136. The fourth-order valence-electron chi connectivity index (χ4n) is 3.34. The van der Waals surface area contributed by atoms with Crippen molar-refractivity contribution in [2.24, 2.45) is 0 Å². The summed E-state index contributed by atoms with van der Waals surface area (Å²) in [4.78, 5) is 16.5. The molecule has 1 aromatic carbocycles. The average molecular weight is 304 g/mol. The van der Waals surface area contributed by atoms with Crippen LogP contribution in [0.4, 0.5) is 0 Å². The van der Waals surface area contributed by atoms with Gasteiger partial charge in [-0.25, -0.2) is 0 Å². The van der Waals surface area contributed by atoms with Crippen LogP contribution < -0.4 is 5.32 Å². The van der Waals surface area contributed by atoms with E-state index in [1.165, 1.54) is 10.5 Å². The summed E-state index contributed by atoms with van der Waals surface area (Å²) in [6, 6.07) is 9.16. The number of carbonyl (C=O) groups is 1. The number of carbonyl (C=O) groups excluding carboxylic acids is 1. The maximum absolute atomic E-state index is 13.1. The summed E-state index contributed by atoms with van der Waals surface area (Å²) in [5, 5.41) is 3.57. The van der Waals surface area contributed by atoms with Gasteiger partial charge in [-0.15, -0.1) is 11.8 Å². The molecule has 3 atom stereocenters. The topological polar surface area (TPSA) is 32.3 Å². The third kappa shape index (κ3) is 2.84. The molecule has 0 bridgehead atoms. The van der Waals surface area contributed by atoms with Crippen LogP contribution in [0.2, 0.25) is 0 Å². The molecule has 21 heavy (non-hydrogen) atoms. The molecule has 2 aliphatic heterocycles. The fraction of sp³-hybridized carbons (Fsp3) is 0.588. The summed E-state index contributed by atoms with van der Waals surface area (Å²) in [6.45, 7) is 6.16. The number of nitrogens with one attached hydrogen (secondary N) is 1. The van der Waals surface area contributed by atoms with Crippen LogP contribution in [0.25, 0.3) is 0 Å². The highest BCUT2D eigenvalue weighted by molar-refractivity contribution is 7.99. The Bertz CT molecular complexity index is 519. The Hall–Kier alpha value is -1.00. The minimum atomic E-state index is 0.0517. The second kappa shape index (κ2) is 6.41. The average Bonchev–Trinajstić information content (AvgIpc) is 2.97. The van der Waals surface area contributed by atoms with Crippen LogP contribution in [0.5, 0.6) is 0 Å². The fourth-order valence-corrected chi connectivity index (χ4v) is 4.56. The van der Waals surface area contributed by atoms with Crippen LogP contribution in [0, 0.1) is 0 Å². The minimum absolute atomic E-state index is 0.0517. The van der Waals surface area contributed by atoms with E-state index in [1.807, 2.05) is 11.8 Å². The molecule has 3 unspecified atom stereocenters. The van der Waals surface area contributed by atoms with Crippen LogP contribution in [-0.4, -0.2) is 41.7 Å². The second-order valence-corrected chi connectivity index (χ2v) is 7.03. The van der Waals surface area contributed by atoms with E-state index in [1.54, 1.807) is 0 Å². The third-order valence-corrected chi connectivity index (χ3v) is 5.93.